The van der Waals surface area contributed by atoms with Gasteiger partial charge in [-0.2, -0.15) is 5.10 Å². The van der Waals surface area contributed by atoms with Crippen LogP contribution in [0.5, 0.6) is 0 Å². The third-order valence-corrected chi connectivity index (χ3v) is 2.52. The van der Waals surface area contributed by atoms with Gasteiger partial charge in [0, 0.05) is 25.4 Å². The zero-order valence-electron chi connectivity index (χ0n) is 8.66. The van der Waals surface area contributed by atoms with Crippen molar-refractivity contribution in [2.24, 2.45) is 0 Å². The van der Waals surface area contributed by atoms with Crippen molar-refractivity contribution in [1.82, 2.24) is 25.4 Å². The zero-order chi connectivity index (χ0) is 10.2. The Morgan fingerprint density at radius 2 is 2.36 bits per heavy atom. The molecule has 0 amide bonds. The highest BCUT2D eigenvalue weighted by Crippen LogP contribution is 2.08. The summed E-state index contributed by atoms with van der Waals surface area (Å²) in [5.41, 5.74) is 0. The standard InChI is InChI=1S/C8H17N5S/c1-13(2)5-3-9-4-6-14-8-10-7-11-12-8/h7,9H,3-6H2,1-2H3,(H,10,11,12). The fourth-order valence-electron chi connectivity index (χ4n) is 0.911. The first-order valence-electron chi connectivity index (χ1n) is 4.62. The molecule has 14 heavy (non-hydrogen) atoms. The molecular weight excluding hydrogens is 198 g/mol. The van der Waals surface area contributed by atoms with Crippen LogP contribution in [-0.2, 0) is 0 Å². The van der Waals surface area contributed by atoms with Gasteiger partial charge in [0.15, 0.2) is 5.16 Å². The molecule has 0 aliphatic rings. The second-order valence-corrected chi connectivity index (χ2v) is 4.28. The average molecular weight is 215 g/mol. The van der Waals surface area contributed by atoms with Crippen molar-refractivity contribution in [2.75, 3.05) is 39.5 Å². The predicted molar refractivity (Wildman–Crippen MR) is 58.5 cm³/mol. The minimum atomic E-state index is 0.888. The second kappa shape index (κ2) is 6.80. The number of nitrogens with zero attached hydrogens (tertiary/aromatic N) is 3. The highest BCUT2D eigenvalue weighted by Gasteiger charge is 1.95. The van der Waals surface area contributed by atoms with E-state index in [-0.39, 0.29) is 0 Å². The molecule has 5 nitrogen and oxygen atoms in total. The molecule has 1 rings (SSSR count). The number of hydrogen-bond donors (Lipinski definition) is 2. The van der Waals surface area contributed by atoms with E-state index in [0.717, 1.165) is 30.5 Å². The number of H-pyrrole nitrogens is 1. The highest BCUT2D eigenvalue weighted by molar-refractivity contribution is 7.99. The number of rotatable bonds is 7. The summed E-state index contributed by atoms with van der Waals surface area (Å²) < 4.78 is 0. The fraction of sp³-hybridized carbons (Fsp3) is 0.750. The van der Waals surface area contributed by atoms with Gasteiger partial charge in [-0.25, -0.2) is 4.98 Å². The minimum Gasteiger partial charge on any atom is -0.315 e. The topological polar surface area (TPSA) is 56.8 Å². The van der Waals surface area contributed by atoms with Crippen LogP contribution in [0.15, 0.2) is 11.5 Å². The highest BCUT2D eigenvalue weighted by atomic mass is 32.2. The van der Waals surface area contributed by atoms with E-state index in [2.05, 4.69) is 39.5 Å². The van der Waals surface area contributed by atoms with E-state index in [1.54, 1.807) is 11.8 Å². The summed E-state index contributed by atoms with van der Waals surface area (Å²) in [7, 11) is 4.15. The number of hydrogen-bond acceptors (Lipinski definition) is 5. The fourth-order valence-corrected chi connectivity index (χ4v) is 1.59. The first-order chi connectivity index (χ1) is 6.79. The molecule has 0 unspecified atom stereocenters. The molecule has 0 saturated carbocycles. The van der Waals surface area contributed by atoms with Crippen molar-refractivity contribution >= 4 is 11.8 Å². The summed E-state index contributed by atoms with van der Waals surface area (Å²) in [6, 6.07) is 0. The Kier molecular flexibility index (Phi) is 5.58. The molecule has 80 valence electrons. The van der Waals surface area contributed by atoms with Crippen molar-refractivity contribution in [3.8, 4) is 0 Å². The summed E-state index contributed by atoms with van der Waals surface area (Å²) in [5, 5.41) is 10.8. The van der Waals surface area contributed by atoms with Crippen LogP contribution in [-0.4, -0.2) is 59.6 Å². The lowest BCUT2D eigenvalue weighted by Gasteiger charge is -2.09. The van der Waals surface area contributed by atoms with Gasteiger partial charge in [-0.15, -0.1) is 0 Å². The lowest BCUT2D eigenvalue weighted by molar-refractivity contribution is 0.403. The van der Waals surface area contributed by atoms with E-state index in [1.165, 1.54) is 6.33 Å². The smallest absolute Gasteiger partial charge is 0.183 e. The number of aromatic nitrogens is 3. The Morgan fingerprint density at radius 3 is 3.00 bits per heavy atom. The Balaban J connectivity index is 1.90. The third-order valence-electron chi connectivity index (χ3n) is 1.65. The molecule has 0 aromatic carbocycles. The van der Waals surface area contributed by atoms with Crippen molar-refractivity contribution in [2.45, 2.75) is 5.16 Å². The molecule has 1 aromatic rings. The van der Waals surface area contributed by atoms with E-state index in [4.69, 9.17) is 0 Å². The van der Waals surface area contributed by atoms with Gasteiger partial charge in [-0.1, -0.05) is 11.8 Å². The van der Waals surface area contributed by atoms with Crippen LogP contribution in [0.1, 0.15) is 0 Å². The van der Waals surface area contributed by atoms with Gasteiger partial charge < -0.3 is 10.2 Å². The molecule has 0 spiro atoms. The second-order valence-electron chi connectivity index (χ2n) is 3.19. The van der Waals surface area contributed by atoms with Crippen molar-refractivity contribution < 1.29 is 0 Å². The Labute approximate surface area is 88.7 Å². The molecule has 0 radical (unpaired) electrons. The molecule has 0 fully saturated rings. The van der Waals surface area contributed by atoms with Gasteiger partial charge >= 0.3 is 0 Å². The van der Waals surface area contributed by atoms with Crippen molar-refractivity contribution in [3.05, 3.63) is 6.33 Å². The summed E-state index contributed by atoms with van der Waals surface area (Å²) in [5.74, 6) is 1.02. The maximum absolute atomic E-state index is 4.02. The van der Waals surface area contributed by atoms with Gasteiger partial charge in [0.1, 0.15) is 6.33 Å². The van der Waals surface area contributed by atoms with E-state index < -0.39 is 0 Å². The molecule has 0 aliphatic heterocycles. The van der Waals surface area contributed by atoms with Crippen LogP contribution in [0.4, 0.5) is 0 Å². The number of thioether (sulfide) groups is 1. The van der Waals surface area contributed by atoms with Gasteiger partial charge in [0.05, 0.1) is 0 Å². The number of nitrogens with one attached hydrogen (secondary N) is 2. The first-order valence-corrected chi connectivity index (χ1v) is 5.61. The number of aromatic amines is 1. The minimum absolute atomic E-state index is 0.888. The predicted octanol–water partition coefficient (Wildman–Crippen LogP) is 0.0480. The van der Waals surface area contributed by atoms with E-state index in [1.807, 2.05) is 0 Å². The van der Waals surface area contributed by atoms with Crippen molar-refractivity contribution in [3.63, 3.8) is 0 Å². The van der Waals surface area contributed by atoms with Gasteiger partial charge in [-0.3, -0.25) is 5.10 Å². The summed E-state index contributed by atoms with van der Waals surface area (Å²) >= 11 is 1.68. The van der Waals surface area contributed by atoms with Crippen LogP contribution >= 0.6 is 11.8 Å². The van der Waals surface area contributed by atoms with Gasteiger partial charge in [0.25, 0.3) is 0 Å². The van der Waals surface area contributed by atoms with Crippen LogP contribution in [0.2, 0.25) is 0 Å². The van der Waals surface area contributed by atoms with Crippen LogP contribution in [0.25, 0.3) is 0 Å². The molecule has 6 heteroatoms. The monoisotopic (exact) mass is 215 g/mol. The number of likely N-dealkylation sites (N-methyl/N-ethyl adjacent to an activating group) is 1. The lowest BCUT2D eigenvalue weighted by atomic mass is 10.5. The summed E-state index contributed by atoms with van der Waals surface area (Å²) in [6.07, 6.45) is 1.53. The summed E-state index contributed by atoms with van der Waals surface area (Å²) in [4.78, 5) is 6.19. The molecule has 0 bridgehead atoms. The van der Waals surface area contributed by atoms with Crippen LogP contribution in [0, 0.1) is 0 Å². The largest absolute Gasteiger partial charge is 0.315 e. The van der Waals surface area contributed by atoms with Crippen LogP contribution in [0.3, 0.4) is 0 Å². The maximum atomic E-state index is 4.02. The lowest BCUT2D eigenvalue weighted by Crippen LogP contribution is -2.27. The normalized spacial score (nSPS) is 11.1. The molecule has 1 aromatic heterocycles. The third kappa shape index (κ3) is 5.21. The van der Waals surface area contributed by atoms with E-state index in [9.17, 15) is 0 Å². The van der Waals surface area contributed by atoms with Gasteiger partial charge in [-0.05, 0) is 14.1 Å². The Bertz CT molecular complexity index is 224. The SMILES string of the molecule is CN(C)CCNCCSc1ncn[nH]1. The molecular formula is C8H17N5S. The summed E-state index contributed by atoms with van der Waals surface area (Å²) in [6.45, 7) is 3.11. The Hall–Kier alpha value is -0.590. The quantitative estimate of drug-likeness (QED) is 0.497. The molecule has 0 saturated heterocycles. The van der Waals surface area contributed by atoms with Gasteiger partial charge in [0.2, 0.25) is 0 Å². The zero-order valence-corrected chi connectivity index (χ0v) is 9.47. The molecule has 0 atom stereocenters. The van der Waals surface area contributed by atoms with Crippen LogP contribution < -0.4 is 5.32 Å². The molecule has 0 aliphatic carbocycles. The van der Waals surface area contributed by atoms with Crippen molar-refractivity contribution in [1.29, 1.82) is 0 Å². The average Bonchev–Trinajstić information content (AvgIpc) is 2.63. The molecule has 2 N–H and O–H groups in total. The first kappa shape index (κ1) is 11.5. The van der Waals surface area contributed by atoms with E-state index >= 15 is 0 Å². The Morgan fingerprint density at radius 1 is 1.50 bits per heavy atom. The van der Waals surface area contributed by atoms with E-state index in [0.29, 0.717) is 0 Å². The molecule has 1 heterocycles. The maximum Gasteiger partial charge on any atom is 0.183 e.